The molecule has 168 valence electrons. The summed E-state index contributed by atoms with van der Waals surface area (Å²) in [4.78, 5) is 25.1. The van der Waals surface area contributed by atoms with Crippen molar-refractivity contribution >= 4 is 17.4 Å². The van der Waals surface area contributed by atoms with Crippen LogP contribution in [0, 0.1) is 0 Å². The monoisotopic (exact) mass is 463 g/mol. The third-order valence-electron chi connectivity index (χ3n) is 4.89. The molecule has 0 amide bonds. The molecule has 1 aromatic heterocycles. The van der Waals surface area contributed by atoms with E-state index in [-0.39, 0.29) is 43.7 Å². The average molecular weight is 464 g/mol. The highest BCUT2D eigenvalue weighted by molar-refractivity contribution is 6.30. The number of alkyl halides is 3. The summed E-state index contributed by atoms with van der Waals surface area (Å²) in [5, 5.41) is 4.82. The van der Waals surface area contributed by atoms with Gasteiger partial charge in [-0.25, -0.2) is 9.48 Å². The van der Waals surface area contributed by atoms with Crippen molar-refractivity contribution in [1.82, 2.24) is 14.3 Å². The van der Waals surface area contributed by atoms with E-state index >= 15 is 0 Å². The lowest BCUT2D eigenvalue weighted by atomic mass is 10.0. The van der Waals surface area contributed by atoms with Crippen LogP contribution < -0.4 is 5.69 Å². The van der Waals surface area contributed by atoms with Crippen LogP contribution in [0.2, 0.25) is 5.02 Å². The smallest absolute Gasteiger partial charge is 0.298 e. The molecule has 32 heavy (non-hydrogen) atoms. The average Bonchev–Trinajstić information content (AvgIpc) is 3.04. The van der Waals surface area contributed by atoms with E-state index in [2.05, 4.69) is 11.7 Å². The first-order chi connectivity index (χ1) is 15.2. The molecule has 5 nitrogen and oxygen atoms in total. The van der Waals surface area contributed by atoms with E-state index in [1.165, 1.54) is 22.8 Å². The molecular formula is C23H21ClF3N3O2. The van der Waals surface area contributed by atoms with Crippen LogP contribution in [0.15, 0.2) is 66.0 Å². The molecule has 1 heterocycles. The summed E-state index contributed by atoms with van der Waals surface area (Å²) in [5.74, 6) is 0.0842. The van der Waals surface area contributed by atoms with Crippen molar-refractivity contribution in [2.24, 2.45) is 0 Å². The van der Waals surface area contributed by atoms with Gasteiger partial charge in [-0.1, -0.05) is 35.9 Å². The Morgan fingerprint density at radius 1 is 1.12 bits per heavy atom. The predicted molar refractivity (Wildman–Crippen MR) is 117 cm³/mol. The second-order valence-corrected chi connectivity index (χ2v) is 7.65. The highest BCUT2D eigenvalue weighted by atomic mass is 35.5. The standard InChI is InChI=1S/C23H21ClF3N3O2/c1-2-14-29-21(17-10-12-18(24)13-11-17)28-30(22(29)32)15-19(31)8-5-7-16-6-3-4-9-20(16)23(25,26)27/h2-4,6,9-13H,1,5,7-8,14-15H2. The van der Waals surface area contributed by atoms with Crippen molar-refractivity contribution in [3.05, 3.63) is 87.8 Å². The van der Waals surface area contributed by atoms with E-state index in [1.54, 1.807) is 30.3 Å². The number of aryl methyl sites for hydroxylation is 1. The highest BCUT2D eigenvalue weighted by Crippen LogP contribution is 2.32. The minimum Gasteiger partial charge on any atom is -0.298 e. The Balaban J connectivity index is 1.71. The van der Waals surface area contributed by atoms with Gasteiger partial charge in [-0.15, -0.1) is 11.7 Å². The summed E-state index contributed by atoms with van der Waals surface area (Å²) >= 11 is 5.92. The van der Waals surface area contributed by atoms with Gasteiger partial charge in [0.05, 0.1) is 5.56 Å². The van der Waals surface area contributed by atoms with Gasteiger partial charge in [0.1, 0.15) is 6.54 Å². The van der Waals surface area contributed by atoms with Gasteiger partial charge in [-0.3, -0.25) is 9.36 Å². The molecular weight excluding hydrogens is 443 g/mol. The van der Waals surface area contributed by atoms with Gasteiger partial charge in [0, 0.05) is 23.6 Å². The Kier molecular flexibility index (Phi) is 7.35. The van der Waals surface area contributed by atoms with Crippen LogP contribution in [0.25, 0.3) is 11.4 Å². The van der Waals surface area contributed by atoms with Crippen LogP contribution in [-0.2, 0) is 30.5 Å². The molecule has 0 radical (unpaired) electrons. The molecule has 0 saturated carbocycles. The minimum atomic E-state index is -4.44. The molecule has 3 rings (SSSR count). The zero-order chi connectivity index (χ0) is 23.3. The molecule has 2 aromatic carbocycles. The van der Waals surface area contributed by atoms with Crippen LogP contribution in [0.5, 0.6) is 0 Å². The van der Waals surface area contributed by atoms with Gasteiger partial charge in [0.15, 0.2) is 11.6 Å². The van der Waals surface area contributed by atoms with Crippen LogP contribution in [0.3, 0.4) is 0 Å². The van der Waals surface area contributed by atoms with Gasteiger partial charge < -0.3 is 0 Å². The Bertz CT molecular complexity index is 1160. The number of benzene rings is 2. The van der Waals surface area contributed by atoms with E-state index in [0.717, 1.165) is 10.7 Å². The third-order valence-corrected chi connectivity index (χ3v) is 5.14. The van der Waals surface area contributed by atoms with Gasteiger partial charge in [0.2, 0.25) is 0 Å². The van der Waals surface area contributed by atoms with E-state index in [1.807, 2.05) is 0 Å². The second-order valence-electron chi connectivity index (χ2n) is 7.22. The predicted octanol–water partition coefficient (Wildman–Crippen LogP) is 5.16. The normalized spacial score (nSPS) is 11.5. The van der Waals surface area contributed by atoms with Gasteiger partial charge in [-0.05, 0) is 48.7 Å². The van der Waals surface area contributed by atoms with Crippen LogP contribution in [0.4, 0.5) is 13.2 Å². The molecule has 0 saturated heterocycles. The minimum absolute atomic E-state index is 0.0310. The summed E-state index contributed by atoms with van der Waals surface area (Å²) in [6.07, 6.45) is -2.52. The number of carbonyl (C=O) groups excluding carboxylic acids is 1. The number of ketones is 1. The second kappa shape index (κ2) is 9.99. The summed E-state index contributed by atoms with van der Waals surface area (Å²) in [6.45, 7) is 3.59. The van der Waals surface area contributed by atoms with Crippen molar-refractivity contribution in [3.63, 3.8) is 0 Å². The number of halogens is 4. The molecule has 0 aliphatic heterocycles. The van der Waals surface area contributed by atoms with Crippen LogP contribution in [-0.4, -0.2) is 20.1 Å². The van der Waals surface area contributed by atoms with Crippen molar-refractivity contribution < 1.29 is 18.0 Å². The van der Waals surface area contributed by atoms with Crippen molar-refractivity contribution in [2.45, 2.75) is 38.5 Å². The molecule has 0 atom stereocenters. The third kappa shape index (κ3) is 5.56. The van der Waals surface area contributed by atoms with Crippen molar-refractivity contribution in [1.29, 1.82) is 0 Å². The topological polar surface area (TPSA) is 56.9 Å². The van der Waals surface area contributed by atoms with Gasteiger partial charge in [-0.2, -0.15) is 13.2 Å². The fourth-order valence-corrected chi connectivity index (χ4v) is 3.51. The summed E-state index contributed by atoms with van der Waals surface area (Å²) in [5.41, 5.74) is -0.362. The van der Waals surface area contributed by atoms with E-state index < -0.39 is 17.4 Å². The Labute approximate surface area is 187 Å². The number of carbonyl (C=O) groups is 1. The first-order valence-corrected chi connectivity index (χ1v) is 10.3. The number of rotatable bonds is 9. The van der Waals surface area contributed by atoms with Crippen molar-refractivity contribution in [2.75, 3.05) is 0 Å². The number of Topliss-reactive ketones (excluding diaryl/α,β-unsaturated/α-hetero) is 1. The summed E-state index contributed by atoms with van der Waals surface area (Å²) in [6, 6.07) is 12.1. The van der Waals surface area contributed by atoms with E-state index in [0.29, 0.717) is 16.4 Å². The van der Waals surface area contributed by atoms with Gasteiger partial charge >= 0.3 is 11.9 Å². The SMILES string of the molecule is C=CCn1c(-c2ccc(Cl)cc2)nn(CC(=O)CCCc2ccccc2C(F)(F)F)c1=O. The molecule has 0 unspecified atom stereocenters. The van der Waals surface area contributed by atoms with Crippen LogP contribution in [0.1, 0.15) is 24.0 Å². The van der Waals surface area contributed by atoms with E-state index in [4.69, 9.17) is 11.6 Å². The lowest BCUT2D eigenvalue weighted by Gasteiger charge is -2.12. The highest BCUT2D eigenvalue weighted by Gasteiger charge is 2.32. The fourth-order valence-electron chi connectivity index (χ4n) is 3.39. The Hall–Kier alpha value is -3.13. The van der Waals surface area contributed by atoms with E-state index in [9.17, 15) is 22.8 Å². The Morgan fingerprint density at radius 2 is 1.81 bits per heavy atom. The maximum Gasteiger partial charge on any atom is 0.416 e. The molecule has 0 aliphatic carbocycles. The zero-order valence-corrected chi connectivity index (χ0v) is 17.9. The largest absolute Gasteiger partial charge is 0.416 e. The zero-order valence-electron chi connectivity index (χ0n) is 17.1. The molecule has 0 aliphatic rings. The molecule has 0 bridgehead atoms. The lowest BCUT2D eigenvalue weighted by Crippen LogP contribution is -2.27. The fraction of sp³-hybridized carbons (Fsp3) is 0.261. The number of allylic oxidation sites excluding steroid dienone is 1. The summed E-state index contributed by atoms with van der Waals surface area (Å²) in [7, 11) is 0. The van der Waals surface area contributed by atoms with Crippen LogP contribution >= 0.6 is 11.6 Å². The number of hydrogen-bond acceptors (Lipinski definition) is 3. The maximum atomic E-state index is 13.1. The Morgan fingerprint density at radius 3 is 2.47 bits per heavy atom. The van der Waals surface area contributed by atoms with Gasteiger partial charge in [0.25, 0.3) is 0 Å². The molecule has 0 fully saturated rings. The first-order valence-electron chi connectivity index (χ1n) is 9.92. The maximum absolute atomic E-state index is 13.1. The molecule has 3 aromatic rings. The molecule has 0 N–H and O–H groups in total. The summed E-state index contributed by atoms with van der Waals surface area (Å²) < 4.78 is 41.8. The molecule has 9 heteroatoms. The number of nitrogens with zero attached hydrogens (tertiary/aromatic N) is 3. The lowest BCUT2D eigenvalue weighted by molar-refractivity contribution is -0.138. The quantitative estimate of drug-likeness (QED) is 0.412. The van der Waals surface area contributed by atoms with Crippen molar-refractivity contribution in [3.8, 4) is 11.4 Å². The molecule has 0 spiro atoms. The number of aromatic nitrogens is 3. The number of hydrogen-bond donors (Lipinski definition) is 0. The first kappa shape index (κ1) is 23.5.